The predicted octanol–water partition coefficient (Wildman–Crippen LogP) is 1.18. The van der Waals surface area contributed by atoms with Crippen molar-refractivity contribution in [1.29, 1.82) is 0 Å². The summed E-state index contributed by atoms with van der Waals surface area (Å²) in [6, 6.07) is 6.88. The lowest BCUT2D eigenvalue weighted by atomic mass is 9.98. The molecule has 4 amide bonds. The Hall–Kier alpha value is -2.57. The van der Waals surface area contributed by atoms with E-state index in [0.717, 1.165) is 12.8 Å². The Labute approximate surface area is 140 Å². The molecule has 1 aromatic rings. The standard InChI is InChI=1S/C17H22N4O3/c1-2-18-15(22)12-9-21(10-12)16(23)11-3-5-13(6-4-11)19-17(24)20-14-7-8-14/h3-6,12,14H,2,7-10H2,1H3,(H,18,22)(H2,19,20,24). The quantitative estimate of drug-likeness (QED) is 0.757. The number of hydrogen-bond donors (Lipinski definition) is 3. The molecule has 128 valence electrons. The molecule has 1 aromatic carbocycles. The maximum atomic E-state index is 12.3. The van der Waals surface area contributed by atoms with E-state index in [0.29, 0.717) is 36.9 Å². The first-order valence-electron chi connectivity index (χ1n) is 8.31. The van der Waals surface area contributed by atoms with Gasteiger partial charge in [-0.3, -0.25) is 9.59 Å². The zero-order valence-corrected chi connectivity index (χ0v) is 13.7. The number of carbonyl (C=O) groups excluding carboxylic acids is 3. The lowest BCUT2D eigenvalue weighted by Crippen LogP contribution is -2.55. The molecule has 24 heavy (non-hydrogen) atoms. The van der Waals surface area contributed by atoms with Crippen molar-refractivity contribution in [2.75, 3.05) is 25.0 Å². The highest BCUT2D eigenvalue weighted by Crippen LogP contribution is 2.21. The third-order valence-electron chi connectivity index (χ3n) is 4.19. The molecule has 7 heteroatoms. The summed E-state index contributed by atoms with van der Waals surface area (Å²) >= 11 is 0. The predicted molar refractivity (Wildman–Crippen MR) is 89.7 cm³/mol. The zero-order chi connectivity index (χ0) is 17.1. The smallest absolute Gasteiger partial charge is 0.319 e. The fourth-order valence-corrected chi connectivity index (χ4v) is 2.59. The van der Waals surface area contributed by atoms with Crippen LogP contribution in [0, 0.1) is 5.92 Å². The molecule has 3 N–H and O–H groups in total. The molecule has 1 heterocycles. The van der Waals surface area contributed by atoms with Gasteiger partial charge >= 0.3 is 6.03 Å². The molecular formula is C17H22N4O3. The van der Waals surface area contributed by atoms with Gasteiger partial charge in [-0.1, -0.05) is 0 Å². The van der Waals surface area contributed by atoms with E-state index in [2.05, 4.69) is 16.0 Å². The van der Waals surface area contributed by atoms with Gasteiger partial charge in [0.15, 0.2) is 0 Å². The highest BCUT2D eigenvalue weighted by molar-refractivity contribution is 5.97. The molecule has 1 aliphatic heterocycles. The van der Waals surface area contributed by atoms with Crippen LogP contribution in [0.3, 0.4) is 0 Å². The molecule has 0 aromatic heterocycles. The van der Waals surface area contributed by atoms with Crippen molar-refractivity contribution in [3.8, 4) is 0 Å². The molecule has 2 aliphatic rings. The number of benzene rings is 1. The SMILES string of the molecule is CCNC(=O)C1CN(C(=O)c2ccc(NC(=O)NC3CC3)cc2)C1. The topological polar surface area (TPSA) is 90.5 Å². The van der Waals surface area contributed by atoms with Gasteiger partial charge in [-0.05, 0) is 44.0 Å². The van der Waals surface area contributed by atoms with Gasteiger partial charge in [0, 0.05) is 36.9 Å². The van der Waals surface area contributed by atoms with Gasteiger partial charge in [-0.25, -0.2) is 4.79 Å². The third kappa shape index (κ3) is 3.84. The Morgan fingerprint density at radius 3 is 2.38 bits per heavy atom. The molecule has 0 atom stereocenters. The summed E-state index contributed by atoms with van der Waals surface area (Å²) in [6.45, 7) is 3.38. The van der Waals surface area contributed by atoms with E-state index in [1.807, 2.05) is 6.92 Å². The van der Waals surface area contributed by atoms with Crippen molar-refractivity contribution in [2.24, 2.45) is 5.92 Å². The van der Waals surface area contributed by atoms with Crippen LogP contribution in [0.2, 0.25) is 0 Å². The molecule has 0 spiro atoms. The largest absolute Gasteiger partial charge is 0.356 e. The van der Waals surface area contributed by atoms with E-state index in [-0.39, 0.29) is 23.8 Å². The van der Waals surface area contributed by atoms with Crippen LogP contribution < -0.4 is 16.0 Å². The molecule has 1 aliphatic carbocycles. The first-order chi connectivity index (χ1) is 11.6. The van der Waals surface area contributed by atoms with Crippen molar-refractivity contribution in [3.05, 3.63) is 29.8 Å². The van der Waals surface area contributed by atoms with Gasteiger partial charge in [-0.2, -0.15) is 0 Å². The molecule has 1 saturated heterocycles. The number of urea groups is 1. The maximum Gasteiger partial charge on any atom is 0.319 e. The lowest BCUT2D eigenvalue weighted by Gasteiger charge is -2.38. The summed E-state index contributed by atoms with van der Waals surface area (Å²) in [5.74, 6) is -0.201. The second kappa shape index (κ2) is 6.90. The molecule has 7 nitrogen and oxygen atoms in total. The van der Waals surface area contributed by atoms with Gasteiger partial charge in [0.05, 0.1) is 5.92 Å². The van der Waals surface area contributed by atoms with Gasteiger partial charge in [0.2, 0.25) is 5.91 Å². The summed E-state index contributed by atoms with van der Waals surface area (Å²) < 4.78 is 0. The zero-order valence-electron chi connectivity index (χ0n) is 13.7. The van der Waals surface area contributed by atoms with Crippen molar-refractivity contribution >= 4 is 23.5 Å². The third-order valence-corrected chi connectivity index (χ3v) is 4.19. The summed E-state index contributed by atoms with van der Waals surface area (Å²) in [4.78, 5) is 37.3. The molecule has 0 radical (unpaired) electrons. The highest BCUT2D eigenvalue weighted by atomic mass is 16.2. The summed E-state index contributed by atoms with van der Waals surface area (Å²) in [7, 11) is 0. The van der Waals surface area contributed by atoms with Gasteiger partial charge in [0.25, 0.3) is 5.91 Å². The molecule has 0 bridgehead atoms. The number of hydrogen-bond acceptors (Lipinski definition) is 3. The molecule has 1 saturated carbocycles. The Bertz CT molecular complexity index is 634. The maximum absolute atomic E-state index is 12.3. The number of rotatable bonds is 5. The molecule has 2 fully saturated rings. The van der Waals surface area contributed by atoms with Crippen LogP contribution in [0.25, 0.3) is 0 Å². The summed E-state index contributed by atoms with van der Waals surface area (Å²) in [5, 5.41) is 8.35. The Morgan fingerprint density at radius 1 is 1.12 bits per heavy atom. The van der Waals surface area contributed by atoms with Crippen LogP contribution in [0.15, 0.2) is 24.3 Å². The van der Waals surface area contributed by atoms with Gasteiger partial charge in [0.1, 0.15) is 0 Å². The Balaban J connectivity index is 1.49. The normalized spacial score (nSPS) is 17.0. The number of anilines is 1. The minimum atomic E-state index is -0.218. The van der Waals surface area contributed by atoms with E-state index in [1.54, 1.807) is 29.2 Å². The summed E-state index contributed by atoms with van der Waals surface area (Å²) in [5.41, 5.74) is 1.20. The van der Waals surface area contributed by atoms with Crippen molar-refractivity contribution in [2.45, 2.75) is 25.8 Å². The van der Waals surface area contributed by atoms with E-state index in [4.69, 9.17) is 0 Å². The van der Waals surface area contributed by atoms with Crippen LogP contribution in [-0.2, 0) is 4.79 Å². The van der Waals surface area contributed by atoms with Crippen LogP contribution in [0.4, 0.5) is 10.5 Å². The van der Waals surface area contributed by atoms with Gasteiger partial charge in [-0.15, -0.1) is 0 Å². The van der Waals surface area contributed by atoms with Crippen LogP contribution in [0.1, 0.15) is 30.1 Å². The minimum absolute atomic E-state index is 0.00257. The Morgan fingerprint density at radius 2 is 1.79 bits per heavy atom. The van der Waals surface area contributed by atoms with Crippen LogP contribution in [-0.4, -0.2) is 48.4 Å². The van der Waals surface area contributed by atoms with Gasteiger partial charge < -0.3 is 20.9 Å². The first kappa shape index (κ1) is 16.3. The monoisotopic (exact) mass is 330 g/mol. The van der Waals surface area contributed by atoms with Crippen molar-refractivity contribution in [3.63, 3.8) is 0 Å². The first-order valence-corrected chi connectivity index (χ1v) is 8.31. The molecule has 3 rings (SSSR count). The number of likely N-dealkylation sites (tertiary alicyclic amines) is 1. The average Bonchev–Trinajstić information content (AvgIpc) is 3.30. The van der Waals surface area contributed by atoms with E-state index < -0.39 is 0 Å². The summed E-state index contributed by atoms with van der Waals surface area (Å²) in [6.07, 6.45) is 2.07. The van der Waals surface area contributed by atoms with Crippen LogP contribution >= 0.6 is 0 Å². The van der Waals surface area contributed by atoms with Crippen molar-refractivity contribution < 1.29 is 14.4 Å². The van der Waals surface area contributed by atoms with Crippen molar-refractivity contribution in [1.82, 2.24) is 15.5 Å². The molecule has 0 unspecified atom stereocenters. The fourth-order valence-electron chi connectivity index (χ4n) is 2.59. The second-order valence-corrected chi connectivity index (χ2v) is 6.25. The van der Waals surface area contributed by atoms with E-state index in [9.17, 15) is 14.4 Å². The number of nitrogens with zero attached hydrogens (tertiary/aromatic N) is 1. The van der Waals surface area contributed by atoms with E-state index in [1.165, 1.54) is 0 Å². The Kier molecular flexibility index (Phi) is 4.69. The lowest BCUT2D eigenvalue weighted by molar-refractivity contribution is -0.128. The van der Waals surface area contributed by atoms with Crippen LogP contribution in [0.5, 0.6) is 0 Å². The number of nitrogens with one attached hydrogen (secondary N) is 3. The number of amides is 4. The highest BCUT2D eigenvalue weighted by Gasteiger charge is 2.35. The molecular weight excluding hydrogens is 308 g/mol. The second-order valence-electron chi connectivity index (χ2n) is 6.25. The average molecular weight is 330 g/mol. The minimum Gasteiger partial charge on any atom is -0.356 e. The number of carbonyl (C=O) groups is 3. The fraction of sp³-hybridized carbons (Fsp3) is 0.471. The van der Waals surface area contributed by atoms with E-state index >= 15 is 0 Å².